The molecule has 25 heavy (non-hydrogen) atoms. The van der Waals surface area contributed by atoms with Crippen LogP contribution in [-0.2, 0) is 0 Å². The molecule has 1 N–H and O–H groups in total. The fourth-order valence-corrected chi connectivity index (χ4v) is 2.75. The smallest absolute Gasteiger partial charge is 0.277 e. The van der Waals surface area contributed by atoms with Gasteiger partial charge >= 0.3 is 0 Å². The monoisotopic (exact) mass is 350 g/mol. The largest absolute Gasteiger partial charge is 0.296 e. The van der Waals surface area contributed by atoms with E-state index in [2.05, 4.69) is 35.6 Å². The molecule has 0 saturated carbocycles. The zero-order valence-electron chi connectivity index (χ0n) is 12.6. The van der Waals surface area contributed by atoms with Crippen molar-refractivity contribution in [1.82, 2.24) is 34.9 Å². The lowest BCUT2D eigenvalue weighted by atomic mass is 10.2. The fraction of sp³-hybridized carbons (Fsp3) is 0. The summed E-state index contributed by atoms with van der Waals surface area (Å²) >= 11 is 1.33. The van der Waals surface area contributed by atoms with Crippen LogP contribution in [0.1, 0.15) is 10.5 Å². The lowest BCUT2D eigenvalue weighted by Gasteiger charge is -2.02. The Hall–Kier alpha value is -3.53. The van der Waals surface area contributed by atoms with Gasteiger partial charge in [-0.3, -0.25) is 15.1 Å². The molecule has 10 heteroatoms. The Kier molecular flexibility index (Phi) is 3.92. The van der Waals surface area contributed by atoms with E-state index in [4.69, 9.17) is 0 Å². The quantitative estimate of drug-likeness (QED) is 0.597. The first-order valence-electron chi connectivity index (χ1n) is 7.15. The first-order valence-corrected chi connectivity index (χ1v) is 8.03. The van der Waals surface area contributed by atoms with E-state index >= 15 is 0 Å². The Morgan fingerprint density at radius 2 is 2.12 bits per heavy atom. The van der Waals surface area contributed by atoms with Gasteiger partial charge in [0.25, 0.3) is 5.91 Å². The van der Waals surface area contributed by atoms with Gasteiger partial charge in [0, 0.05) is 23.3 Å². The third-order valence-corrected chi connectivity index (χ3v) is 3.98. The second-order valence-electron chi connectivity index (χ2n) is 4.85. The van der Waals surface area contributed by atoms with Gasteiger partial charge in [0.05, 0.1) is 5.69 Å². The molecule has 0 aliphatic rings. The summed E-state index contributed by atoms with van der Waals surface area (Å²) in [6, 6.07) is 6.94. The molecular weight excluding hydrogens is 340 g/mol. The van der Waals surface area contributed by atoms with E-state index in [0.29, 0.717) is 10.9 Å². The van der Waals surface area contributed by atoms with Gasteiger partial charge in [0.1, 0.15) is 12.7 Å². The second kappa shape index (κ2) is 6.53. The van der Waals surface area contributed by atoms with Crippen molar-refractivity contribution in [2.24, 2.45) is 0 Å². The highest BCUT2D eigenvalue weighted by Crippen LogP contribution is 2.24. The number of rotatable bonds is 4. The van der Waals surface area contributed by atoms with Crippen LogP contribution in [0.15, 0.2) is 54.7 Å². The molecule has 9 nitrogen and oxygen atoms in total. The maximum absolute atomic E-state index is 12.3. The van der Waals surface area contributed by atoms with Crippen molar-refractivity contribution in [3.05, 3.63) is 60.4 Å². The van der Waals surface area contributed by atoms with Gasteiger partial charge in [0.15, 0.2) is 16.6 Å². The average molecular weight is 350 g/mol. The zero-order chi connectivity index (χ0) is 17.1. The Balaban J connectivity index is 1.48. The molecule has 4 heterocycles. The van der Waals surface area contributed by atoms with Crippen LogP contribution >= 0.6 is 11.3 Å². The molecule has 0 unspecified atom stereocenters. The van der Waals surface area contributed by atoms with E-state index in [0.717, 1.165) is 11.3 Å². The van der Waals surface area contributed by atoms with E-state index in [9.17, 15) is 4.79 Å². The molecule has 0 spiro atoms. The summed E-state index contributed by atoms with van der Waals surface area (Å²) in [7, 11) is 0. The summed E-state index contributed by atoms with van der Waals surface area (Å²) in [6.07, 6.45) is 6.30. The van der Waals surface area contributed by atoms with Crippen molar-refractivity contribution in [2.75, 3.05) is 5.32 Å². The summed E-state index contributed by atoms with van der Waals surface area (Å²) in [5, 5.41) is 16.9. The number of nitrogens with zero attached hydrogens (tertiary/aromatic N) is 7. The van der Waals surface area contributed by atoms with Crippen molar-refractivity contribution < 1.29 is 4.79 Å². The van der Waals surface area contributed by atoms with Crippen LogP contribution in [-0.4, -0.2) is 40.8 Å². The van der Waals surface area contributed by atoms with E-state index in [1.807, 2.05) is 17.5 Å². The van der Waals surface area contributed by atoms with Crippen molar-refractivity contribution in [3.8, 4) is 17.1 Å². The van der Waals surface area contributed by atoms with Crippen LogP contribution in [0.4, 0.5) is 5.13 Å². The van der Waals surface area contributed by atoms with Crippen LogP contribution in [0.5, 0.6) is 0 Å². The van der Waals surface area contributed by atoms with Crippen LogP contribution in [0.2, 0.25) is 0 Å². The molecule has 0 aromatic carbocycles. The first kappa shape index (κ1) is 15.0. The number of hydrogen-bond donors (Lipinski definition) is 1. The van der Waals surface area contributed by atoms with E-state index in [-0.39, 0.29) is 11.6 Å². The number of anilines is 1. The fourth-order valence-electron chi connectivity index (χ4n) is 2.03. The maximum Gasteiger partial charge on any atom is 0.277 e. The number of carbonyl (C=O) groups excluding carboxylic acids is 1. The van der Waals surface area contributed by atoms with Gasteiger partial charge in [-0.2, -0.15) is 5.10 Å². The van der Waals surface area contributed by atoms with Gasteiger partial charge in [0.2, 0.25) is 0 Å². The number of nitrogens with one attached hydrogen (secondary N) is 1. The minimum absolute atomic E-state index is 0.182. The zero-order valence-corrected chi connectivity index (χ0v) is 13.5. The SMILES string of the molecule is O=C(Nc1nc(-c2cccnc2)cs1)c1ccc(-n2cncn2)nn1. The Morgan fingerprint density at radius 3 is 2.84 bits per heavy atom. The number of hydrogen-bond acceptors (Lipinski definition) is 8. The molecule has 0 bridgehead atoms. The van der Waals surface area contributed by atoms with Crippen LogP contribution < -0.4 is 5.32 Å². The predicted molar refractivity (Wildman–Crippen MR) is 90.2 cm³/mol. The van der Waals surface area contributed by atoms with Crippen molar-refractivity contribution in [3.63, 3.8) is 0 Å². The molecule has 1 amide bonds. The highest BCUT2D eigenvalue weighted by atomic mass is 32.1. The van der Waals surface area contributed by atoms with Gasteiger partial charge in [-0.05, 0) is 24.3 Å². The Bertz CT molecular complexity index is 982. The molecular formula is C15H10N8OS. The van der Waals surface area contributed by atoms with Crippen molar-refractivity contribution in [1.29, 1.82) is 0 Å². The molecule has 122 valence electrons. The van der Waals surface area contributed by atoms with Crippen LogP contribution in [0.3, 0.4) is 0 Å². The molecule has 0 aliphatic heterocycles. The Morgan fingerprint density at radius 1 is 1.16 bits per heavy atom. The lowest BCUT2D eigenvalue weighted by Crippen LogP contribution is -2.15. The topological polar surface area (TPSA) is 111 Å². The van der Waals surface area contributed by atoms with Gasteiger partial charge < -0.3 is 0 Å². The van der Waals surface area contributed by atoms with Crippen LogP contribution in [0, 0.1) is 0 Å². The molecule has 4 rings (SSSR count). The van der Waals surface area contributed by atoms with E-state index in [1.165, 1.54) is 28.7 Å². The van der Waals surface area contributed by atoms with Crippen molar-refractivity contribution >= 4 is 22.4 Å². The minimum atomic E-state index is -0.385. The standard InChI is InChI=1S/C15H10N8OS/c24-14(11-3-4-13(22-21-11)23-9-17-8-18-23)20-15-19-12(7-25-15)10-2-1-5-16-6-10/h1-9H,(H,19,20,24). The highest BCUT2D eigenvalue weighted by Gasteiger charge is 2.12. The molecule has 0 radical (unpaired) electrons. The number of amides is 1. The number of pyridine rings is 1. The number of thiazole rings is 1. The molecule has 0 saturated heterocycles. The summed E-state index contributed by atoms with van der Waals surface area (Å²) in [5.41, 5.74) is 1.82. The van der Waals surface area contributed by atoms with Crippen LogP contribution in [0.25, 0.3) is 17.1 Å². The highest BCUT2D eigenvalue weighted by molar-refractivity contribution is 7.14. The molecule has 0 aliphatic carbocycles. The maximum atomic E-state index is 12.3. The third-order valence-electron chi connectivity index (χ3n) is 3.22. The average Bonchev–Trinajstić information content (AvgIpc) is 3.35. The molecule has 0 fully saturated rings. The van der Waals surface area contributed by atoms with E-state index < -0.39 is 0 Å². The summed E-state index contributed by atoms with van der Waals surface area (Å²) in [5.74, 6) is 0.0897. The van der Waals surface area contributed by atoms with E-state index in [1.54, 1.807) is 24.5 Å². The summed E-state index contributed by atoms with van der Waals surface area (Å²) in [4.78, 5) is 24.5. The third kappa shape index (κ3) is 3.23. The molecule has 4 aromatic rings. The minimum Gasteiger partial charge on any atom is -0.296 e. The van der Waals surface area contributed by atoms with Gasteiger partial charge in [-0.15, -0.1) is 21.5 Å². The number of carbonyl (C=O) groups is 1. The Labute approximate surface area is 145 Å². The molecule has 4 aromatic heterocycles. The predicted octanol–water partition coefficient (Wildman–Crippen LogP) is 1.83. The summed E-state index contributed by atoms with van der Waals surface area (Å²) < 4.78 is 1.45. The normalized spacial score (nSPS) is 10.6. The van der Waals surface area contributed by atoms with Crippen molar-refractivity contribution in [2.45, 2.75) is 0 Å². The first-order chi connectivity index (χ1) is 12.3. The second-order valence-corrected chi connectivity index (χ2v) is 5.71. The summed E-state index contributed by atoms with van der Waals surface area (Å²) in [6.45, 7) is 0. The lowest BCUT2D eigenvalue weighted by molar-refractivity contribution is 0.102. The molecule has 0 atom stereocenters. The van der Waals surface area contributed by atoms with Gasteiger partial charge in [-0.1, -0.05) is 0 Å². The van der Waals surface area contributed by atoms with Gasteiger partial charge in [-0.25, -0.2) is 14.6 Å². The number of aromatic nitrogens is 7.